The number of carboxylic acids is 1. The summed E-state index contributed by atoms with van der Waals surface area (Å²) in [5, 5.41) is 13.9. The third kappa shape index (κ3) is 6.11. The van der Waals surface area contributed by atoms with Crippen molar-refractivity contribution in [2.75, 3.05) is 13.2 Å². The number of ether oxygens (including phenoxy) is 1. The van der Waals surface area contributed by atoms with E-state index in [-0.39, 0.29) is 18.9 Å². The van der Waals surface area contributed by atoms with E-state index in [1.807, 2.05) is 13.0 Å². The molecule has 0 fully saturated rings. The van der Waals surface area contributed by atoms with Gasteiger partial charge in [-0.05, 0) is 50.3 Å². The number of carbonyl (C=O) groups excluding carboxylic acids is 2. The lowest BCUT2D eigenvalue weighted by atomic mass is 10.0. The first-order valence-corrected chi connectivity index (χ1v) is 9.58. The minimum atomic E-state index is -1.05. The van der Waals surface area contributed by atoms with Crippen LogP contribution in [-0.2, 0) is 16.0 Å². The van der Waals surface area contributed by atoms with Crippen molar-refractivity contribution in [1.82, 2.24) is 5.32 Å². The second-order valence-electron chi connectivity index (χ2n) is 6.73. The molecule has 2 rings (SSSR count). The minimum absolute atomic E-state index is 0.0361. The molecule has 1 amide bonds. The van der Waals surface area contributed by atoms with Crippen LogP contribution in [0.2, 0.25) is 0 Å². The Kier molecular flexibility index (Phi) is 8.04. The predicted octanol–water partition coefficient (Wildman–Crippen LogP) is 1.86. The lowest BCUT2D eigenvalue weighted by molar-refractivity contribution is -0.305. The van der Waals surface area contributed by atoms with Gasteiger partial charge in [-0.2, -0.15) is 0 Å². The molecule has 7 heteroatoms. The molecule has 7 nitrogen and oxygen atoms in total. The molecule has 1 aromatic carbocycles. The molecule has 0 saturated carbocycles. The molecule has 0 radical (unpaired) electrons. The Hall–Kier alpha value is -2.83. The summed E-state index contributed by atoms with van der Waals surface area (Å²) in [7, 11) is 0. The van der Waals surface area contributed by atoms with Crippen molar-refractivity contribution in [3.05, 3.63) is 39.7 Å². The maximum absolute atomic E-state index is 11.9. The van der Waals surface area contributed by atoms with Crippen LogP contribution in [-0.4, -0.2) is 25.0 Å². The Morgan fingerprint density at radius 2 is 2.00 bits per heavy atom. The molecule has 0 aliphatic carbocycles. The molecule has 0 atom stereocenters. The first-order valence-electron chi connectivity index (χ1n) is 9.58. The SMILES string of the molecule is CCCc1cc(=O)oc2c(C)c(OCC(=O)NCCCCCC(=O)[O-])ccc12. The van der Waals surface area contributed by atoms with Gasteiger partial charge in [0.25, 0.3) is 5.91 Å². The van der Waals surface area contributed by atoms with Crippen LogP contribution in [0.15, 0.2) is 27.4 Å². The molecule has 0 spiro atoms. The molecular formula is C21H26NO6-. The van der Waals surface area contributed by atoms with E-state index in [9.17, 15) is 19.5 Å². The topological polar surface area (TPSA) is 109 Å². The Morgan fingerprint density at radius 3 is 2.71 bits per heavy atom. The number of nitrogens with one attached hydrogen (secondary N) is 1. The van der Waals surface area contributed by atoms with Gasteiger partial charge in [-0.15, -0.1) is 0 Å². The average molecular weight is 388 g/mol. The summed E-state index contributed by atoms with van der Waals surface area (Å²) in [6.07, 6.45) is 3.68. The summed E-state index contributed by atoms with van der Waals surface area (Å²) in [5.41, 5.74) is 1.72. The second-order valence-corrected chi connectivity index (χ2v) is 6.73. The van der Waals surface area contributed by atoms with E-state index in [0.29, 0.717) is 42.7 Å². The van der Waals surface area contributed by atoms with Gasteiger partial charge < -0.3 is 24.4 Å². The van der Waals surface area contributed by atoms with E-state index >= 15 is 0 Å². The zero-order valence-electron chi connectivity index (χ0n) is 16.3. The van der Waals surface area contributed by atoms with Crippen molar-refractivity contribution in [3.8, 4) is 5.75 Å². The Bertz CT molecular complexity index is 886. The Labute approximate surface area is 163 Å². The monoisotopic (exact) mass is 388 g/mol. The summed E-state index contributed by atoms with van der Waals surface area (Å²) >= 11 is 0. The first-order chi connectivity index (χ1) is 13.4. The number of hydrogen-bond acceptors (Lipinski definition) is 6. The third-order valence-electron chi connectivity index (χ3n) is 4.45. The molecule has 1 aromatic heterocycles. The van der Waals surface area contributed by atoms with E-state index in [1.54, 1.807) is 13.0 Å². The van der Waals surface area contributed by atoms with Crippen LogP contribution in [0.25, 0.3) is 11.0 Å². The fourth-order valence-electron chi connectivity index (χ4n) is 3.03. The smallest absolute Gasteiger partial charge is 0.336 e. The second kappa shape index (κ2) is 10.5. The molecule has 1 N–H and O–H groups in total. The lowest BCUT2D eigenvalue weighted by Crippen LogP contribution is -2.29. The average Bonchev–Trinajstić information content (AvgIpc) is 2.64. The highest BCUT2D eigenvalue weighted by Gasteiger charge is 2.12. The largest absolute Gasteiger partial charge is 0.550 e. The molecule has 0 aliphatic heterocycles. The number of benzene rings is 1. The van der Waals surface area contributed by atoms with Crippen molar-refractivity contribution in [3.63, 3.8) is 0 Å². The van der Waals surface area contributed by atoms with Gasteiger partial charge in [0.15, 0.2) is 6.61 Å². The fraction of sp³-hybridized carbons (Fsp3) is 0.476. The number of fused-ring (bicyclic) bond motifs is 1. The van der Waals surface area contributed by atoms with E-state index in [2.05, 4.69) is 5.32 Å². The highest BCUT2D eigenvalue weighted by Crippen LogP contribution is 2.28. The fourth-order valence-corrected chi connectivity index (χ4v) is 3.03. The quantitative estimate of drug-likeness (QED) is 0.465. The van der Waals surface area contributed by atoms with Crippen LogP contribution in [0.4, 0.5) is 0 Å². The number of carbonyl (C=O) groups is 2. The Morgan fingerprint density at radius 1 is 1.21 bits per heavy atom. The van der Waals surface area contributed by atoms with Crippen molar-refractivity contribution in [1.29, 1.82) is 0 Å². The molecule has 2 aromatic rings. The van der Waals surface area contributed by atoms with Crippen molar-refractivity contribution in [2.24, 2.45) is 0 Å². The predicted molar refractivity (Wildman–Crippen MR) is 103 cm³/mol. The summed E-state index contributed by atoms with van der Waals surface area (Å²) < 4.78 is 11.0. The standard InChI is InChI=1S/C21H27NO6/c1-3-7-15-12-20(26)28-21-14(2)17(10-9-16(15)21)27-13-18(23)22-11-6-4-5-8-19(24)25/h9-10,12H,3-8,11,13H2,1-2H3,(H,22,23)(H,24,25)/p-1. The van der Waals surface area contributed by atoms with Gasteiger partial charge >= 0.3 is 5.63 Å². The minimum Gasteiger partial charge on any atom is -0.550 e. The highest BCUT2D eigenvalue weighted by atomic mass is 16.5. The van der Waals surface area contributed by atoms with Gasteiger partial charge in [0.2, 0.25) is 0 Å². The number of unbranched alkanes of at least 4 members (excludes halogenated alkanes) is 2. The van der Waals surface area contributed by atoms with E-state index in [4.69, 9.17) is 9.15 Å². The van der Waals surface area contributed by atoms with Crippen LogP contribution < -0.4 is 20.8 Å². The maximum atomic E-state index is 11.9. The molecule has 0 aliphatic rings. The van der Waals surface area contributed by atoms with Crippen LogP contribution in [0.5, 0.6) is 5.75 Å². The molecule has 1 heterocycles. The van der Waals surface area contributed by atoms with Gasteiger partial charge in [-0.25, -0.2) is 4.79 Å². The number of amides is 1. The van der Waals surface area contributed by atoms with Gasteiger partial charge in [-0.1, -0.05) is 19.8 Å². The zero-order valence-corrected chi connectivity index (χ0v) is 16.3. The maximum Gasteiger partial charge on any atom is 0.336 e. The van der Waals surface area contributed by atoms with Crippen molar-refractivity contribution < 1.29 is 23.8 Å². The van der Waals surface area contributed by atoms with Crippen LogP contribution in [0.1, 0.15) is 50.2 Å². The van der Waals surface area contributed by atoms with Crippen LogP contribution >= 0.6 is 0 Å². The highest BCUT2D eigenvalue weighted by molar-refractivity contribution is 5.85. The molecule has 0 saturated heterocycles. The number of rotatable bonds is 11. The van der Waals surface area contributed by atoms with E-state index < -0.39 is 11.6 Å². The number of carboxylic acid groups (broad SMARTS) is 1. The van der Waals surface area contributed by atoms with Gasteiger partial charge in [0.1, 0.15) is 11.3 Å². The van der Waals surface area contributed by atoms with Gasteiger partial charge in [-0.3, -0.25) is 4.79 Å². The summed E-state index contributed by atoms with van der Waals surface area (Å²) in [6.45, 7) is 4.16. The number of aliphatic carboxylic acids is 1. The van der Waals surface area contributed by atoms with Gasteiger partial charge in [0, 0.05) is 29.5 Å². The van der Waals surface area contributed by atoms with Gasteiger partial charge in [0.05, 0.1) is 0 Å². The summed E-state index contributed by atoms with van der Waals surface area (Å²) in [5.74, 6) is -0.824. The van der Waals surface area contributed by atoms with Crippen LogP contribution in [0, 0.1) is 6.92 Å². The summed E-state index contributed by atoms with van der Waals surface area (Å²) in [4.78, 5) is 34.1. The molecule has 28 heavy (non-hydrogen) atoms. The number of aryl methyl sites for hydroxylation is 2. The first kappa shape index (κ1) is 21.5. The normalized spacial score (nSPS) is 10.8. The summed E-state index contributed by atoms with van der Waals surface area (Å²) in [6, 6.07) is 5.15. The number of hydrogen-bond donors (Lipinski definition) is 1. The molecule has 0 unspecified atom stereocenters. The van der Waals surface area contributed by atoms with Crippen LogP contribution in [0.3, 0.4) is 0 Å². The lowest BCUT2D eigenvalue weighted by Gasteiger charge is -2.12. The zero-order chi connectivity index (χ0) is 20.5. The van der Waals surface area contributed by atoms with Crippen molar-refractivity contribution in [2.45, 2.75) is 52.4 Å². The molecular weight excluding hydrogens is 362 g/mol. The Balaban J connectivity index is 1.92. The van der Waals surface area contributed by atoms with E-state index in [0.717, 1.165) is 23.8 Å². The third-order valence-corrected chi connectivity index (χ3v) is 4.45. The molecule has 152 valence electrons. The molecule has 0 bridgehead atoms. The van der Waals surface area contributed by atoms with Crippen molar-refractivity contribution >= 4 is 22.8 Å². The van der Waals surface area contributed by atoms with E-state index in [1.165, 1.54) is 6.07 Å².